The van der Waals surface area contributed by atoms with Crippen molar-refractivity contribution in [2.75, 3.05) is 0 Å². The van der Waals surface area contributed by atoms with Gasteiger partial charge in [-0.1, -0.05) is 38.1 Å². The van der Waals surface area contributed by atoms with Gasteiger partial charge in [-0.25, -0.2) is 32.3 Å². The number of aromatic carboxylic acids is 1. The molecule has 0 radical (unpaired) electrons. The van der Waals surface area contributed by atoms with Crippen molar-refractivity contribution in [2.24, 2.45) is 5.41 Å². The molecule has 222 valence electrons. The van der Waals surface area contributed by atoms with Crippen molar-refractivity contribution < 1.29 is 32.2 Å². The van der Waals surface area contributed by atoms with Crippen LogP contribution < -0.4 is 4.74 Å². The summed E-state index contributed by atoms with van der Waals surface area (Å²) in [6.45, 7) is 4.47. The minimum absolute atomic E-state index is 0.00756. The molecule has 3 aromatic carbocycles. The Labute approximate surface area is 245 Å². The van der Waals surface area contributed by atoms with Crippen LogP contribution in [-0.2, 0) is 19.6 Å². The van der Waals surface area contributed by atoms with Crippen molar-refractivity contribution in [2.45, 2.75) is 46.8 Å². The fourth-order valence-electron chi connectivity index (χ4n) is 4.72. The van der Waals surface area contributed by atoms with Crippen LogP contribution in [0.25, 0.3) is 22.3 Å². The Balaban J connectivity index is 1.41. The predicted octanol–water partition coefficient (Wildman–Crippen LogP) is 7.84. The van der Waals surface area contributed by atoms with Crippen LogP contribution in [0.4, 0.5) is 17.6 Å². The Morgan fingerprint density at radius 2 is 1.77 bits per heavy atom. The number of ether oxygens (including phenoxy) is 1. The lowest BCUT2D eigenvalue weighted by Gasteiger charge is -2.25. The minimum Gasteiger partial charge on any atom is -0.478 e. The van der Waals surface area contributed by atoms with Crippen LogP contribution in [0.5, 0.6) is 5.88 Å². The minimum atomic E-state index is -2.64. The fourth-order valence-corrected chi connectivity index (χ4v) is 4.72. The van der Waals surface area contributed by atoms with E-state index >= 15 is 4.39 Å². The Kier molecular flexibility index (Phi) is 8.21. The summed E-state index contributed by atoms with van der Waals surface area (Å²) in [5.41, 5.74) is 1.67. The molecule has 0 spiro atoms. The van der Waals surface area contributed by atoms with Crippen molar-refractivity contribution in [3.63, 3.8) is 0 Å². The number of rotatable bonds is 10. The standard InChI is InChI=1S/C33H29F4N3O3/c1-19-7-9-22(24(34)13-19)17-43-30-6-4-5-26(39-30)23-11-8-20(14-25(23)35)15-29-38-27-12-10-21(31(41)42)16-28(27)40(29)18-33(2,3)32(36)37/h4-14,16,32H,15,17-18H2,1-3H3,(H,41,42). The van der Waals surface area contributed by atoms with Gasteiger partial charge in [-0.3, -0.25) is 0 Å². The smallest absolute Gasteiger partial charge is 0.335 e. The zero-order valence-electron chi connectivity index (χ0n) is 23.7. The van der Waals surface area contributed by atoms with E-state index in [0.29, 0.717) is 33.7 Å². The van der Waals surface area contributed by atoms with Gasteiger partial charge in [0.15, 0.2) is 0 Å². The highest BCUT2D eigenvalue weighted by molar-refractivity contribution is 5.92. The van der Waals surface area contributed by atoms with Crippen LogP contribution in [0.1, 0.15) is 46.7 Å². The van der Waals surface area contributed by atoms with Crippen LogP contribution in [0, 0.1) is 24.0 Å². The van der Waals surface area contributed by atoms with Crippen molar-refractivity contribution in [3.05, 3.63) is 113 Å². The maximum atomic E-state index is 15.4. The zero-order valence-corrected chi connectivity index (χ0v) is 23.7. The van der Waals surface area contributed by atoms with Crippen LogP contribution in [-0.4, -0.2) is 32.0 Å². The van der Waals surface area contributed by atoms with E-state index in [0.717, 1.165) is 5.56 Å². The highest BCUT2D eigenvalue weighted by atomic mass is 19.3. The van der Waals surface area contributed by atoms with Crippen LogP contribution in [0.2, 0.25) is 0 Å². The molecule has 0 atom stereocenters. The van der Waals surface area contributed by atoms with E-state index in [1.807, 2.05) is 0 Å². The number of carboxylic acids is 1. The summed E-state index contributed by atoms with van der Waals surface area (Å²) >= 11 is 0. The molecule has 2 heterocycles. The Morgan fingerprint density at radius 1 is 0.977 bits per heavy atom. The number of aromatic nitrogens is 3. The summed E-state index contributed by atoms with van der Waals surface area (Å²) in [5, 5.41) is 9.45. The monoisotopic (exact) mass is 591 g/mol. The van der Waals surface area contributed by atoms with Gasteiger partial charge >= 0.3 is 5.97 Å². The second kappa shape index (κ2) is 11.9. The summed E-state index contributed by atoms with van der Waals surface area (Å²) in [7, 11) is 0. The summed E-state index contributed by atoms with van der Waals surface area (Å²) in [6.07, 6.45) is -2.52. The fraction of sp³-hybridized carbons (Fsp3) is 0.242. The molecule has 5 aromatic rings. The van der Waals surface area contributed by atoms with Gasteiger partial charge in [-0.05, 0) is 60.5 Å². The van der Waals surface area contributed by atoms with Crippen LogP contribution in [0.3, 0.4) is 0 Å². The first-order valence-corrected chi connectivity index (χ1v) is 13.6. The van der Waals surface area contributed by atoms with Gasteiger partial charge < -0.3 is 14.4 Å². The molecule has 0 unspecified atom stereocenters. The summed E-state index contributed by atoms with van der Waals surface area (Å²) < 4.78 is 64.5. The van der Waals surface area contributed by atoms with Gasteiger partial charge in [0, 0.05) is 35.6 Å². The molecule has 6 nitrogen and oxygen atoms in total. The lowest BCUT2D eigenvalue weighted by molar-refractivity contribution is 0.00858. The average Bonchev–Trinajstić information content (AvgIpc) is 3.28. The van der Waals surface area contributed by atoms with Crippen molar-refractivity contribution >= 4 is 17.0 Å². The SMILES string of the molecule is Cc1ccc(COc2cccc(-c3ccc(Cc4nc5ccc(C(=O)O)cc5n4CC(C)(C)C(F)F)cc3F)n2)c(F)c1. The molecule has 0 aliphatic rings. The molecule has 0 amide bonds. The normalized spacial score (nSPS) is 11.8. The summed E-state index contributed by atoms with van der Waals surface area (Å²) in [6, 6.07) is 18.7. The van der Waals surface area contributed by atoms with Crippen molar-refractivity contribution in [1.29, 1.82) is 0 Å². The Morgan fingerprint density at radius 3 is 2.47 bits per heavy atom. The van der Waals surface area contributed by atoms with Gasteiger partial charge in [-0.15, -0.1) is 0 Å². The van der Waals surface area contributed by atoms with E-state index in [1.54, 1.807) is 54.0 Å². The first-order chi connectivity index (χ1) is 20.4. The summed E-state index contributed by atoms with van der Waals surface area (Å²) in [5.74, 6) is -1.48. The number of nitrogens with zero attached hydrogens (tertiary/aromatic N) is 3. The number of fused-ring (bicyclic) bond motifs is 1. The molecule has 2 aromatic heterocycles. The number of halogens is 4. The highest BCUT2D eigenvalue weighted by Crippen LogP contribution is 2.31. The molecule has 0 aliphatic carbocycles. The summed E-state index contributed by atoms with van der Waals surface area (Å²) in [4.78, 5) is 20.5. The van der Waals surface area contributed by atoms with Gasteiger partial charge in [0.25, 0.3) is 0 Å². The first-order valence-electron chi connectivity index (χ1n) is 13.6. The van der Waals surface area contributed by atoms with Crippen molar-refractivity contribution in [1.82, 2.24) is 14.5 Å². The zero-order chi connectivity index (χ0) is 30.9. The topological polar surface area (TPSA) is 77.2 Å². The maximum absolute atomic E-state index is 15.4. The molecule has 0 bridgehead atoms. The molecule has 0 aliphatic heterocycles. The number of hydrogen-bond donors (Lipinski definition) is 1. The predicted molar refractivity (Wildman–Crippen MR) is 154 cm³/mol. The maximum Gasteiger partial charge on any atom is 0.335 e. The number of alkyl halides is 2. The first kappa shape index (κ1) is 29.8. The third-order valence-electron chi connectivity index (χ3n) is 7.21. The highest BCUT2D eigenvalue weighted by Gasteiger charge is 2.32. The Bertz CT molecular complexity index is 1820. The van der Waals surface area contributed by atoms with E-state index in [-0.39, 0.29) is 42.4 Å². The largest absolute Gasteiger partial charge is 0.478 e. The molecule has 10 heteroatoms. The number of carbonyl (C=O) groups is 1. The quantitative estimate of drug-likeness (QED) is 0.168. The third-order valence-corrected chi connectivity index (χ3v) is 7.21. The lowest BCUT2D eigenvalue weighted by atomic mass is 9.94. The molecule has 5 rings (SSSR count). The van der Waals surface area contributed by atoms with E-state index in [9.17, 15) is 23.1 Å². The molecular weight excluding hydrogens is 562 g/mol. The van der Waals surface area contributed by atoms with E-state index < -0.39 is 23.6 Å². The number of pyridine rings is 1. The van der Waals surface area contributed by atoms with Gasteiger partial charge in [0.1, 0.15) is 24.1 Å². The second-order valence-corrected chi connectivity index (χ2v) is 11.1. The van der Waals surface area contributed by atoms with Crippen LogP contribution in [0.15, 0.2) is 72.8 Å². The number of aryl methyl sites for hydroxylation is 1. The third kappa shape index (κ3) is 6.53. The molecule has 0 saturated carbocycles. The Hall–Kier alpha value is -4.73. The average molecular weight is 592 g/mol. The van der Waals surface area contributed by atoms with E-state index in [2.05, 4.69) is 9.97 Å². The number of imidazole rings is 1. The molecular formula is C33H29F4N3O3. The van der Waals surface area contributed by atoms with Gasteiger partial charge in [0.05, 0.1) is 22.3 Å². The van der Waals surface area contributed by atoms with E-state index in [1.165, 1.54) is 44.2 Å². The van der Waals surface area contributed by atoms with Crippen LogP contribution >= 0.6 is 0 Å². The molecule has 1 N–H and O–H groups in total. The van der Waals surface area contributed by atoms with Gasteiger partial charge in [0.2, 0.25) is 12.3 Å². The number of hydrogen-bond acceptors (Lipinski definition) is 4. The second-order valence-electron chi connectivity index (χ2n) is 11.1. The number of carboxylic acid groups (broad SMARTS) is 1. The molecule has 0 saturated heterocycles. The van der Waals surface area contributed by atoms with E-state index in [4.69, 9.17) is 4.74 Å². The number of benzene rings is 3. The van der Waals surface area contributed by atoms with Crippen molar-refractivity contribution in [3.8, 4) is 17.1 Å². The lowest BCUT2D eigenvalue weighted by Crippen LogP contribution is -2.28. The molecule has 43 heavy (non-hydrogen) atoms. The van der Waals surface area contributed by atoms with Gasteiger partial charge in [-0.2, -0.15) is 0 Å². The molecule has 0 fully saturated rings.